The molecule has 1 amide bonds. The van der Waals surface area contributed by atoms with E-state index in [2.05, 4.69) is 16.4 Å². The molecule has 0 saturated heterocycles. The van der Waals surface area contributed by atoms with Crippen molar-refractivity contribution in [3.8, 4) is 0 Å². The zero-order chi connectivity index (χ0) is 17.1. The van der Waals surface area contributed by atoms with E-state index < -0.39 is 11.5 Å². The summed E-state index contributed by atoms with van der Waals surface area (Å²) < 4.78 is 0. The minimum absolute atomic E-state index is 0.00763. The molecule has 0 unspecified atom stereocenters. The second-order valence-electron chi connectivity index (χ2n) is 6.18. The van der Waals surface area contributed by atoms with Crippen LogP contribution in [0.15, 0.2) is 35.1 Å². The molecule has 24 heavy (non-hydrogen) atoms. The molecule has 0 fully saturated rings. The predicted octanol–water partition coefficient (Wildman–Crippen LogP) is 2.17. The maximum Gasteiger partial charge on any atom is 0.261 e. The average molecular weight is 324 g/mol. The van der Waals surface area contributed by atoms with Crippen molar-refractivity contribution in [1.82, 2.24) is 10.3 Å². The van der Waals surface area contributed by atoms with Gasteiger partial charge in [0.1, 0.15) is 5.56 Å². The van der Waals surface area contributed by atoms with Gasteiger partial charge in [-0.3, -0.25) is 14.4 Å². The number of Topliss-reactive ketones (excluding diaryl/α,β-unsaturated/α-hetero) is 1. The molecule has 0 aliphatic heterocycles. The van der Waals surface area contributed by atoms with Crippen molar-refractivity contribution in [1.29, 1.82) is 0 Å². The largest absolute Gasteiger partial charge is 0.352 e. The van der Waals surface area contributed by atoms with Gasteiger partial charge >= 0.3 is 0 Å². The Kier molecular flexibility index (Phi) is 4.60. The second-order valence-corrected chi connectivity index (χ2v) is 6.18. The number of H-pyrrole nitrogens is 1. The molecule has 0 spiro atoms. The highest BCUT2D eigenvalue weighted by molar-refractivity contribution is 6.01. The van der Waals surface area contributed by atoms with Crippen molar-refractivity contribution in [3.63, 3.8) is 0 Å². The minimum atomic E-state index is -0.440. The first-order chi connectivity index (χ1) is 11.5. The van der Waals surface area contributed by atoms with Crippen molar-refractivity contribution >= 4 is 11.7 Å². The molecule has 2 N–H and O–H groups in total. The van der Waals surface area contributed by atoms with Crippen molar-refractivity contribution in [2.24, 2.45) is 0 Å². The van der Waals surface area contributed by atoms with Gasteiger partial charge in [-0.05, 0) is 37.8 Å². The molecule has 3 rings (SSSR count). The molecule has 0 saturated carbocycles. The number of aromatic amines is 1. The summed E-state index contributed by atoms with van der Waals surface area (Å²) in [4.78, 5) is 39.0. The lowest BCUT2D eigenvalue weighted by molar-refractivity contribution is 0.0952. The van der Waals surface area contributed by atoms with Gasteiger partial charge in [-0.2, -0.15) is 0 Å². The third-order valence-electron chi connectivity index (χ3n) is 4.28. The number of carbonyl (C=O) groups excluding carboxylic acids is 2. The fraction of sp³-hybridized carbons (Fsp3) is 0.316. The van der Waals surface area contributed by atoms with Crippen LogP contribution in [-0.2, 0) is 12.8 Å². The summed E-state index contributed by atoms with van der Waals surface area (Å²) in [6.07, 6.45) is 2.57. The highest BCUT2D eigenvalue weighted by Crippen LogP contribution is 2.18. The monoisotopic (exact) mass is 324 g/mol. The molecule has 1 aromatic carbocycles. The first kappa shape index (κ1) is 16.2. The van der Waals surface area contributed by atoms with Gasteiger partial charge in [0.2, 0.25) is 0 Å². The molecule has 5 nitrogen and oxygen atoms in total. The van der Waals surface area contributed by atoms with Gasteiger partial charge in [0.25, 0.3) is 11.5 Å². The number of nitrogens with one attached hydrogen (secondary N) is 2. The number of pyridine rings is 1. The highest BCUT2D eigenvalue weighted by atomic mass is 16.2. The lowest BCUT2D eigenvalue weighted by atomic mass is 9.93. The molecular weight excluding hydrogens is 304 g/mol. The zero-order valence-corrected chi connectivity index (χ0v) is 13.6. The third-order valence-corrected chi connectivity index (χ3v) is 4.28. The number of rotatable bonds is 4. The van der Waals surface area contributed by atoms with Crippen LogP contribution in [0.4, 0.5) is 0 Å². The van der Waals surface area contributed by atoms with Crippen LogP contribution in [-0.4, -0.2) is 23.2 Å². The zero-order valence-electron chi connectivity index (χ0n) is 13.6. The van der Waals surface area contributed by atoms with Crippen LogP contribution in [0.1, 0.15) is 50.4 Å². The quantitative estimate of drug-likeness (QED) is 0.904. The van der Waals surface area contributed by atoms with Gasteiger partial charge in [0.15, 0.2) is 5.78 Å². The summed E-state index contributed by atoms with van der Waals surface area (Å²) in [7, 11) is 0. The van der Waals surface area contributed by atoms with Gasteiger partial charge in [0, 0.05) is 24.2 Å². The maximum atomic E-state index is 12.3. The molecule has 2 aromatic rings. The Hall–Kier alpha value is -2.69. The van der Waals surface area contributed by atoms with E-state index in [1.807, 2.05) is 25.1 Å². The number of hydrogen-bond acceptors (Lipinski definition) is 3. The smallest absolute Gasteiger partial charge is 0.261 e. The van der Waals surface area contributed by atoms with Gasteiger partial charge in [0.05, 0.1) is 0 Å². The molecule has 0 radical (unpaired) electrons. The number of amides is 1. The third kappa shape index (κ3) is 3.45. The van der Waals surface area contributed by atoms with Crippen LogP contribution >= 0.6 is 0 Å². The van der Waals surface area contributed by atoms with E-state index in [0.717, 1.165) is 12.0 Å². The molecule has 1 aromatic heterocycles. The molecule has 0 atom stereocenters. The fourth-order valence-corrected chi connectivity index (χ4v) is 3.03. The van der Waals surface area contributed by atoms with E-state index in [-0.39, 0.29) is 11.3 Å². The topological polar surface area (TPSA) is 79.0 Å². The van der Waals surface area contributed by atoms with Crippen LogP contribution < -0.4 is 10.9 Å². The van der Waals surface area contributed by atoms with E-state index in [4.69, 9.17) is 0 Å². The van der Waals surface area contributed by atoms with Gasteiger partial charge in [-0.25, -0.2) is 0 Å². The average Bonchev–Trinajstić information content (AvgIpc) is 2.54. The lowest BCUT2D eigenvalue weighted by Crippen LogP contribution is -2.32. The summed E-state index contributed by atoms with van der Waals surface area (Å²) in [5, 5.41) is 2.76. The Morgan fingerprint density at radius 1 is 1.21 bits per heavy atom. The van der Waals surface area contributed by atoms with Crippen LogP contribution in [0.5, 0.6) is 0 Å². The fourth-order valence-electron chi connectivity index (χ4n) is 3.03. The highest BCUT2D eigenvalue weighted by Gasteiger charge is 2.21. The van der Waals surface area contributed by atoms with Crippen molar-refractivity contribution in [2.75, 3.05) is 6.54 Å². The SMILES string of the molecule is Cc1cccc(CCNC(=O)c2cc3c([nH]c2=O)CCCC3=O)c1. The molecule has 0 bridgehead atoms. The Bertz CT molecular complexity index is 852. The van der Waals surface area contributed by atoms with Gasteiger partial charge in [-0.1, -0.05) is 29.8 Å². The van der Waals surface area contributed by atoms with Crippen LogP contribution in [0.3, 0.4) is 0 Å². The van der Waals surface area contributed by atoms with E-state index >= 15 is 0 Å². The Balaban J connectivity index is 1.70. The number of aryl methyl sites for hydroxylation is 2. The van der Waals surface area contributed by atoms with Crippen molar-refractivity contribution in [3.05, 3.63) is 68.6 Å². The van der Waals surface area contributed by atoms with Gasteiger partial charge < -0.3 is 10.3 Å². The molecular formula is C19H20N2O3. The van der Waals surface area contributed by atoms with E-state index in [0.29, 0.717) is 37.1 Å². The molecule has 1 aliphatic carbocycles. The number of hydrogen-bond donors (Lipinski definition) is 2. The molecule has 1 heterocycles. The Morgan fingerprint density at radius 3 is 2.83 bits per heavy atom. The lowest BCUT2D eigenvalue weighted by Gasteiger charge is -2.15. The van der Waals surface area contributed by atoms with E-state index in [9.17, 15) is 14.4 Å². The maximum absolute atomic E-state index is 12.3. The summed E-state index contributed by atoms with van der Waals surface area (Å²) in [6.45, 7) is 2.46. The van der Waals surface area contributed by atoms with Crippen molar-refractivity contribution < 1.29 is 9.59 Å². The van der Waals surface area contributed by atoms with E-state index in [1.165, 1.54) is 11.6 Å². The number of benzene rings is 1. The predicted molar refractivity (Wildman–Crippen MR) is 91.5 cm³/mol. The van der Waals surface area contributed by atoms with Gasteiger partial charge in [-0.15, -0.1) is 0 Å². The molecule has 1 aliphatic rings. The first-order valence-electron chi connectivity index (χ1n) is 8.18. The number of ketones is 1. The standard InChI is InChI=1S/C19H20N2O3/c1-12-4-2-5-13(10-12)8-9-20-18(23)15-11-14-16(21-19(15)24)6-3-7-17(14)22/h2,4-5,10-11H,3,6-9H2,1H3,(H,20,23)(H,21,24). The van der Waals surface area contributed by atoms with Crippen LogP contribution in [0.25, 0.3) is 0 Å². The van der Waals surface area contributed by atoms with E-state index in [1.54, 1.807) is 0 Å². The molecule has 5 heteroatoms. The van der Waals surface area contributed by atoms with Crippen LogP contribution in [0.2, 0.25) is 0 Å². The van der Waals surface area contributed by atoms with Crippen molar-refractivity contribution in [2.45, 2.75) is 32.6 Å². The number of fused-ring (bicyclic) bond motifs is 1. The summed E-state index contributed by atoms with van der Waals surface area (Å²) in [5.74, 6) is -0.452. The summed E-state index contributed by atoms with van der Waals surface area (Å²) >= 11 is 0. The Labute approximate surface area is 140 Å². The Morgan fingerprint density at radius 2 is 2.04 bits per heavy atom. The number of aromatic nitrogens is 1. The van der Waals surface area contributed by atoms with Crippen LogP contribution in [0, 0.1) is 6.92 Å². The summed E-state index contributed by atoms with van der Waals surface area (Å²) in [5.41, 5.74) is 3.00. The summed E-state index contributed by atoms with van der Waals surface area (Å²) in [6, 6.07) is 9.51. The second kappa shape index (κ2) is 6.83. The normalized spacial score (nSPS) is 13.5. The number of carbonyl (C=O) groups is 2. The molecule has 124 valence electrons. The first-order valence-corrected chi connectivity index (χ1v) is 8.18. The minimum Gasteiger partial charge on any atom is -0.352 e.